The molecule has 1 aromatic carbocycles. The maximum atomic E-state index is 11.0. The molecule has 17 heavy (non-hydrogen) atoms. The molecule has 3 nitrogen and oxygen atoms in total. The van der Waals surface area contributed by atoms with Crippen LogP contribution < -0.4 is 4.90 Å². The van der Waals surface area contributed by atoms with Gasteiger partial charge in [-0.3, -0.25) is 4.79 Å². The molecule has 3 heteroatoms. The molecule has 94 valence electrons. The van der Waals surface area contributed by atoms with Gasteiger partial charge >= 0.3 is 5.97 Å². The second-order valence-corrected chi connectivity index (χ2v) is 3.84. The highest BCUT2D eigenvalue weighted by Crippen LogP contribution is 2.12. The Hall–Kier alpha value is -1.51. The van der Waals surface area contributed by atoms with Crippen molar-refractivity contribution in [3.8, 4) is 0 Å². The lowest BCUT2D eigenvalue weighted by molar-refractivity contribution is -0.143. The molecular formula is C14H21NO2. The van der Waals surface area contributed by atoms with Crippen LogP contribution in [0.25, 0.3) is 0 Å². The van der Waals surface area contributed by atoms with Crippen LogP contribution in [-0.2, 0) is 9.53 Å². The molecule has 0 unspecified atom stereocenters. The van der Waals surface area contributed by atoms with E-state index in [4.69, 9.17) is 4.74 Å². The zero-order valence-electron chi connectivity index (χ0n) is 10.7. The summed E-state index contributed by atoms with van der Waals surface area (Å²) in [6.07, 6.45) is 1.32. The Morgan fingerprint density at radius 3 is 2.53 bits per heavy atom. The Balaban J connectivity index is 2.31. The second kappa shape index (κ2) is 7.71. The molecular weight excluding hydrogens is 214 g/mol. The number of benzene rings is 1. The molecule has 0 radical (unpaired) electrons. The van der Waals surface area contributed by atoms with E-state index in [1.54, 1.807) is 0 Å². The fourth-order valence-corrected chi connectivity index (χ4v) is 1.65. The van der Waals surface area contributed by atoms with E-state index < -0.39 is 0 Å². The Morgan fingerprint density at radius 1 is 1.24 bits per heavy atom. The summed E-state index contributed by atoms with van der Waals surface area (Å²) in [6.45, 7) is 6.33. The molecule has 1 aromatic rings. The molecule has 0 saturated heterocycles. The topological polar surface area (TPSA) is 29.5 Å². The van der Waals surface area contributed by atoms with Gasteiger partial charge in [-0.05, 0) is 25.5 Å². The zero-order chi connectivity index (χ0) is 12.5. The molecule has 0 atom stereocenters. The predicted molar refractivity (Wildman–Crippen MR) is 70.2 cm³/mol. The molecule has 1 rings (SSSR count). The molecule has 0 spiro atoms. The lowest BCUT2D eigenvalue weighted by Crippen LogP contribution is -2.25. The van der Waals surface area contributed by atoms with Gasteiger partial charge in [-0.25, -0.2) is 0 Å². The van der Waals surface area contributed by atoms with E-state index in [1.165, 1.54) is 5.69 Å². The first-order valence-corrected chi connectivity index (χ1v) is 6.23. The standard InChI is InChI=1S/C14H21NO2/c1-3-14(16)17-12-8-11-15(4-2)13-9-6-5-7-10-13/h5-7,9-10H,3-4,8,11-12H2,1-2H3. The SMILES string of the molecule is CCC(=O)OCCCN(CC)c1ccccc1. The fourth-order valence-electron chi connectivity index (χ4n) is 1.65. The van der Waals surface area contributed by atoms with Crippen molar-refractivity contribution in [2.45, 2.75) is 26.7 Å². The van der Waals surface area contributed by atoms with E-state index in [0.29, 0.717) is 13.0 Å². The largest absolute Gasteiger partial charge is 0.466 e. The summed E-state index contributed by atoms with van der Waals surface area (Å²) in [6, 6.07) is 10.3. The quantitative estimate of drug-likeness (QED) is 0.537. The Labute approximate surface area is 103 Å². The van der Waals surface area contributed by atoms with Crippen molar-refractivity contribution in [2.75, 3.05) is 24.6 Å². The number of hydrogen-bond donors (Lipinski definition) is 0. The monoisotopic (exact) mass is 235 g/mol. The molecule has 0 aromatic heterocycles. The molecule has 0 aliphatic heterocycles. The van der Waals surface area contributed by atoms with Gasteiger partial charge in [0.25, 0.3) is 0 Å². The summed E-state index contributed by atoms with van der Waals surface area (Å²) in [5.41, 5.74) is 1.22. The van der Waals surface area contributed by atoms with Crippen molar-refractivity contribution >= 4 is 11.7 Å². The molecule has 0 amide bonds. The van der Waals surface area contributed by atoms with Crippen molar-refractivity contribution in [3.05, 3.63) is 30.3 Å². The molecule has 0 aliphatic rings. The normalized spacial score (nSPS) is 10.0. The van der Waals surface area contributed by atoms with Crippen LogP contribution in [0.1, 0.15) is 26.7 Å². The van der Waals surface area contributed by atoms with E-state index in [2.05, 4.69) is 24.0 Å². The average Bonchev–Trinajstić information content (AvgIpc) is 2.39. The smallest absolute Gasteiger partial charge is 0.305 e. The van der Waals surface area contributed by atoms with E-state index in [-0.39, 0.29) is 5.97 Å². The van der Waals surface area contributed by atoms with Gasteiger partial charge in [0, 0.05) is 25.2 Å². The lowest BCUT2D eigenvalue weighted by atomic mass is 10.2. The number of esters is 1. The predicted octanol–water partition coefficient (Wildman–Crippen LogP) is 2.86. The number of carbonyl (C=O) groups excluding carboxylic acids is 1. The number of rotatable bonds is 7. The summed E-state index contributed by atoms with van der Waals surface area (Å²) in [5.74, 6) is -0.118. The highest BCUT2D eigenvalue weighted by atomic mass is 16.5. The van der Waals surface area contributed by atoms with Crippen LogP contribution in [-0.4, -0.2) is 25.7 Å². The van der Waals surface area contributed by atoms with Crippen molar-refractivity contribution < 1.29 is 9.53 Å². The molecule has 0 fully saturated rings. The minimum Gasteiger partial charge on any atom is -0.466 e. The maximum Gasteiger partial charge on any atom is 0.305 e. The van der Waals surface area contributed by atoms with Gasteiger partial charge in [0.1, 0.15) is 0 Å². The van der Waals surface area contributed by atoms with E-state index in [0.717, 1.165) is 19.5 Å². The third kappa shape index (κ3) is 4.89. The number of carbonyl (C=O) groups is 1. The molecule has 0 aliphatic carbocycles. The molecule has 0 bridgehead atoms. The van der Waals surface area contributed by atoms with Crippen molar-refractivity contribution in [2.24, 2.45) is 0 Å². The number of hydrogen-bond acceptors (Lipinski definition) is 3. The summed E-state index contributed by atoms with van der Waals surface area (Å²) in [5, 5.41) is 0. The van der Waals surface area contributed by atoms with Crippen LogP contribution in [0.4, 0.5) is 5.69 Å². The van der Waals surface area contributed by atoms with Crippen LogP contribution in [0.2, 0.25) is 0 Å². The number of anilines is 1. The second-order valence-electron chi connectivity index (χ2n) is 3.84. The molecule has 0 heterocycles. The van der Waals surface area contributed by atoms with E-state index >= 15 is 0 Å². The first kappa shape index (κ1) is 13.6. The number of ether oxygens (including phenoxy) is 1. The Kier molecular flexibility index (Phi) is 6.15. The van der Waals surface area contributed by atoms with Crippen molar-refractivity contribution in [1.82, 2.24) is 0 Å². The van der Waals surface area contributed by atoms with Crippen LogP contribution in [0.15, 0.2) is 30.3 Å². The first-order chi connectivity index (χ1) is 8.27. The van der Waals surface area contributed by atoms with Crippen LogP contribution >= 0.6 is 0 Å². The minimum atomic E-state index is -0.118. The Bertz CT molecular complexity index is 324. The van der Waals surface area contributed by atoms with Crippen molar-refractivity contribution in [3.63, 3.8) is 0 Å². The van der Waals surface area contributed by atoms with Crippen LogP contribution in [0, 0.1) is 0 Å². The van der Waals surface area contributed by atoms with Gasteiger partial charge in [-0.2, -0.15) is 0 Å². The van der Waals surface area contributed by atoms with Crippen molar-refractivity contribution in [1.29, 1.82) is 0 Å². The average molecular weight is 235 g/mol. The van der Waals surface area contributed by atoms with E-state index in [1.807, 2.05) is 25.1 Å². The number of para-hydroxylation sites is 1. The highest BCUT2D eigenvalue weighted by Gasteiger charge is 2.03. The minimum absolute atomic E-state index is 0.118. The van der Waals surface area contributed by atoms with Gasteiger partial charge < -0.3 is 9.64 Å². The van der Waals surface area contributed by atoms with Gasteiger partial charge in [0.2, 0.25) is 0 Å². The third-order valence-electron chi connectivity index (χ3n) is 2.63. The zero-order valence-corrected chi connectivity index (χ0v) is 10.7. The maximum absolute atomic E-state index is 11.0. The third-order valence-corrected chi connectivity index (χ3v) is 2.63. The molecule has 0 N–H and O–H groups in total. The number of nitrogens with zero attached hydrogens (tertiary/aromatic N) is 1. The highest BCUT2D eigenvalue weighted by molar-refractivity contribution is 5.68. The summed E-state index contributed by atoms with van der Waals surface area (Å²) >= 11 is 0. The summed E-state index contributed by atoms with van der Waals surface area (Å²) in [4.78, 5) is 13.2. The first-order valence-electron chi connectivity index (χ1n) is 6.23. The Morgan fingerprint density at radius 2 is 1.94 bits per heavy atom. The van der Waals surface area contributed by atoms with Crippen LogP contribution in [0.5, 0.6) is 0 Å². The van der Waals surface area contributed by atoms with E-state index in [9.17, 15) is 4.79 Å². The van der Waals surface area contributed by atoms with Gasteiger partial charge in [0.05, 0.1) is 6.61 Å². The fraction of sp³-hybridized carbons (Fsp3) is 0.500. The molecule has 0 saturated carbocycles. The van der Waals surface area contributed by atoms with Gasteiger partial charge in [-0.15, -0.1) is 0 Å². The summed E-state index contributed by atoms with van der Waals surface area (Å²) in [7, 11) is 0. The summed E-state index contributed by atoms with van der Waals surface area (Å²) < 4.78 is 5.06. The lowest BCUT2D eigenvalue weighted by Gasteiger charge is -2.22. The van der Waals surface area contributed by atoms with Gasteiger partial charge in [0.15, 0.2) is 0 Å². The van der Waals surface area contributed by atoms with Crippen LogP contribution in [0.3, 0.4) is 0 Å². The van der Waals surface area contributed by atoms with Gasteiger partial charge in [-0.1, -0.05) is 25.1 Å².